The predicted molar refractivity (Wildman–Crippen MR) is 58.1 cm³/mol. The van der Waals surface area contributed by atoms with Crippen molar-refractivity contribution in [3.05, 3.63) is 0 Å². The van der Waals surface area contributed by atoms with Gasteiger partial charge in [0, 0.05) is 31.6 Å². The van der Waals surface area contributed by atoms with Crippen LogP contribution in [0.4, 0.5) is 0 Å². The van der Waals surface area contributed by atoms with Crippen LogP contribution in [0.5, 0.6) is 0 Å². The summed E-state index contributed by atoms with van der Waals surface area (Å²) in [7, 11) is 0. The van der Waals surface area contributed by atoms with E-state index in [2.05, 4.69) is 19.2 Å². The normalized spacial score (nSPS) is 24.8. The van der Waals surface area contributed by atoms with Gasteiger partial charge in [-0.15, -0.1) is 0 Å². The number of carbonyl (C=O) groups excluding carboxylic acids is 1. The third-order valence-electron chi connectivity index (χ3n) is 2.93. The van der Waals surface area contributed by atoms with Gasteiger partial charge < -0.3 is 10.2 Å². The van der Waals surface area contributed by atoms with Crippen molar-refractivity contribution >= 4 is 5.91 Å². The summed E-state index contributed by atoms with van der Waals surface area (Å²) in [6.07, 6.45) is 2.10. The molecule has 0 aromatic carbocycles. The Morgan fingerprint density at radius 3 is 2.93 bits per heavy atom. The Balaban J connectivity index is 2.49. The van der Waals surface area contributed by atoms with Crippen LogP contribution in [0.2, 0.25) is 0 Å². The Kier molecular flexibility index (Phi) is 4.39. The zero-order valence-electron chi connectivity index (χ0n) is 9.55. The minimum absolute atomic E-state index is 0.195. The van der Waals surface area contributed by atoms with Gasteiger partial charge in [-0.3, -0.25) is 4.79 Å². The Morgan fingerprint density at radius 2 is 2.36 bits per heavy atom. The quantitative estimate of drug-likeness (QED) is 0.740. The van der Waals surface area contributed by atoms with Gasteiger partial charge in [-0.1, -0.05) is 20.3 Å². The number of carbonyl (C=O) groups is 1. The van der Waals surface area contributed by atoms with E-state index in [0.717, 1.165) is 32.5 Å². The van der Waals surface area contributed by atoms with Gasteiger partial charge >= 0.3 is 0 Å². The molecule has 1 unspecified atom stereocenters. The Morgan fingerprint density at radius 1 is 1.64 bits per heavy atom. The fourth-order valence-corrected chi connectivity index (χ4v) is 2.01. The molecule has 0 radical (unpaired) electrons. The summed E-state index contributed by atoms with van der Waals surface area (Å²) in [5.74, 6) is 0.529. The summed E-state index contributed by atoms with van der Waals surface area (Å²) >= 11 is 0. The standard InChI is InChI=1S/C11H22N2O/c1-4-5-9(2)11(14)13-7-6-12-8-10(13)3/h9-10,12H,4-8H2,1-3H3/t9?,10-/m0/s1. The molecule has 0 aromatic heterocycles. The smallest absolute Gasteiger partial charge is 0.225 e. The summed E-state index contributed by atoms with van der Waals surface area (Å²) in [6.45, 7) is 9.03. The van der Waals surface area contributed by atoms with Crippen LogP contribution in [0.3, 0.4) is 0 Å². The second-order valence-electron chi connectivity index (χ2n) is 4.27. The number of amides is 1. The van der Waals surface area contributed by atoms with Crippen LogP contribution in [0.15, 0.2) is 0 Å². The van der Waals surface area contributed by atoms with Crippen LogP contribution in [0.1, 0.15) is 33.6 Å². The van der Waals surface area contributed by atoms with E-state index >= 15 is 0 Å². The lowest BCUT2D eigenvalue weighted by Crippen LogP contribution is -2.53. The van der Waals surface area contributed by atoms with E-state index in [1.807, 2.05) is 11.8 Å². The summed E-state index contributed by atoms with van der Waals surface area (Å²) in [5.41, 5.74) is 0. The zero-order valence-corrected chi connectivity index (χ0v) is 9.55. The van der Waals surface area contributed by atoms with Crippen molar-refractivity contribution in [2.45, 2.75) is 39.7 Å². The maximum atomic E-state index is 12.0. The Bertz CT molecular complexity index is 194. The molecule has 1 rings (SSSR count). The van der Waals surface area contributed by atoms with E-state index in [9.17, 15) is 4.79 Å². The lowest BCUT2D eigenvalue weighted by molar-refractivity contribution is -0.138. The summed E-state index contributed by atoms with van der Waals surface area (Å²) in [6, 6.07) is 0.357. The molecule has 1 heterocycles. The van der Waals surface area contributed by atoms with Crippen molar-refractivity contribution < 1.29 is 4.79 Å². The molecule has 1 aliphatic rings. The minimum atomic E-state index is 0.195. The van der Waals surface area contributed by atoms with Crippen LogP contribution in [-0.2, 0) is 4.79 Å². The van der Waals surface area contributed by atoms with Gasteiger partial charge in [0.15, 0.2) is 0 Å². The molecule has 0 spiro atoms. The molecule has 14 heavy (non-hydrogen) atoms. The van der Waals surface area contributed by atoms with Crippen molar-refractivity contribution in [3.63, 3.8) is 0 Å². The van der Waals surface area contributed by atoms with Crippen LogP contribution < -0.4 is 5.32 Å². The molecule has 0 aromatic rings. The highest BCUT2D eigenvalue weighted by molar-refractivity contribution is 5.78. The first-order chi connectivity index (χ1) is 6.66. The van der Waals surface area contributed by atoms with Gasteiger partial charge in [-0.2, -0.15) is 0 Å². The molecular formula is C11H22N2O. The molecule has 1 fully saturated rings. The molecule has 3 nitrogen and oxygen atoms in total. The van der Waals surface area contributed by atoms with Crippen molar-refractivity contribution in [1.29, 1.82) is 0 Å². The minimum Gasteiger partial charge on any atom is -0.337 e. The molecule has 2 atom stereocenters. The van der Waals surface area contributed by atoms with Crippen LogP contribution in [0, 0.1) is 5.92 Å². The molecule has 0 bridgehead atoms. The predicted octanol–water partition coefficient (Wildman–Crippen LogP) is 1.24. The molecular weight excluding hydrogens is 176 g/mol. The monoisotopic (exact) mass is 198 g/mol. The second-order valence-corrected chi connectivity index (χ2v) is 4.27. The van der Waals surface area contributed by atoms with Gasteiger partial charge in [-0.05, 0) is 13.3 Å². The number of nitrogens with one attached hydrogen (secondary N) is 1. The fourth-order valence-electron chi connectivity index (χ4n) is 2.01. The number of rotatable bonds is 3. The fraction of sp³-hybridized carbons (Fsp3) is 0.909. The van der Waals surface area contributed by atoms with E-state index in [-0.39, 0.29) is 5.92 Å². The van der Waals surface area contributed by atoms with Gasteiger partial charge in [0.1, 0.15) is 0 Å². The van der Waals surface area contributed by atoms with Crippen LogP contribution in [-0.4, -0.2) is 36.5 Å². The molecule has 82 valence electrons. The Hall–Kier alpha value is -0.570. The highest BCUT2D eigenvalue weighted by atomic mass is 16.2. The first-order valence-electron chi connectivity index (χ1n) is 5.68. The van der Waals surface area contributed by atoms with E-state index < -0.39 is 0 Å². The van der Waals surface area contributed by atoms with Gasteiger partial charge in [0.25, 0.3) is 0 Å². The van der Waals surface area contributed by atoms with E-state index in [1.54, 1.807) is 0 Å². The average Bonchev–Trinajstić information content (AvgIpc) is 2.18. The highest BCUT2D eigenvalue weighted by Crippen LogP contribution is 2.13. The van der Waals surface area contributed by atoms with Crippen LogP contribution >= 0.6 is 0 Å². The molecule has 1 N–H and O–H groups in total. The zero-order chi connectivity index (χ0) is 10.6. The number of nitrogens with zero attached hydrogens (tertiary/aromatic N) is 1. The number of hydrogen-bond donors (Lipinski definition) is 1. The lowest BCUT2D eigenvalue weighted by Gasteiger charge is -2.35. The summed E-state index contributed by atoms with van der Waals surface area (Å²) in [5, 5.41) is 3.30. The van der Waals surface area contributed by atoms with Gasteiger partial charge in [-0.25, -0.2) is 0 Å². The maximum Gasteiger partial charge on any atom is 0.225 e. The number of hydrogen-bond acceptors (Lipinski definition) is 2. The summed E-state index contributed by atoms with van der Waals surface area (Å²) < 4.78 is 0. The molecule has 1 saturated heterocycles. The summed E-state index contributed by atoms with van der Waals surface area (Å²) in [4.78, 5) is 14.0. The molecule has 1 aliphatic heterocycles. The third kappa shape index (κ3) is 2.71. The second kappa shape index (κ2) is 5.35. The van der Waals surface area contributed by atoms with Crippen LogP contribution in [0.25, 0.3) is 0 Å². The van der Waals surface area contributed by atoms with E-state index in [1.165, 1.54) is 0 Å². The Labute approximate surface area is 86.9 Å². The molecule has 3 heteroatoms. The van der Waals surface area contributed by atoms with Gasteiger partial charge in [0.2, 0.25) is 5.91 Å². The first kappa shape index (κ1) is 11.5. The van der Waals surface area contributed by atoms with E-state index in [4.69, 9.17) is 0 Å². The molecule has 0 aliphatic carbocycles. The number of piperazine rings is 1. The lowest BCUT2D eigenvalue weighted by atomic mass is 10.0. The van der Waals surface area contributed by atoms with E-state index in [0.29, 0.717) is 11.9 Å². The first-order valence-corrected chi connectivity index (χ1v) is 5.68. The SMILES string of the molecule is CCCC(C)C(=O)N1CCNC[C@@H]1C. The van der Waals surface area contributed by atoms with Crippen molar-refractivity contribution in [2.24, 2.45) is 5.92 Å². The molecule has 1 amide bonds. The average molecular weight is 198 g/mol. The van der Waals surface area contributed by atoms with Crippen molar-refractivity contribution in [2.75, 3.05) is 19.6 Å². The molecule has 0 saturated carbocycles. The largest absolute Gasteiger partial charge is 0.337 e. The third-order valence-corrected chi connectivity index (χ3v) is 2.93. The maximum absolute atomic E-state index is 12.0. The van der Waals surface area contributed by atoms with Crippen molar-refractivity contribution in [3.8, 4) is 0 Å². The van der Waals surface area contributed by atoms with Gasteiger partial charge in [0.05, 0.1) is 0 Å². The highest BCUT2D eigenvalue weighted by Gasteiger charge is 2.25. The van der Waals surface area contributed by atoms with Crippen molar-refractivity contribution in [1.82, 2.24) is 10.2 Å². The topological polar surface area (TPSA) is 32.3 Å².